The van der Waals surface area contributed by atoms with Crippen LogP contribution in [0, 0.1) is 11.3 Å². The molecule has 3 heteroatoms. The van der Waals surface area contributed by atoms with Gasteiger partial charge in [-0.15, -0.1) is 0 Å². The second kappa shape index (κ2) is 6.53. The smallest absolute Gasteiger partial charge is 0.0587 e. The molecule has 1 aliphatic heterocycles. The standard InChI is InChI=1S/C5H12N2.C2H3N/c1-7-4-2-6-3-5-7;1-2-3/h6H,2-5H2,1H3;1H3. The third-order valence-corrected chi connectivity index (χ3v) is 1.34. The van der Waals surface area contributed by atoms with Gasteiger partial charge < -0.3 is 10.2 Å². The zero-order chi connectivity index (χ0) is 7.82. The first-order valence-electron chi connectivity index (χ1n) is 3.51. The first-order chi connectivity index (χ1) is 4.81. The summed E-state index contributed by atoms with van der Waals surface area (Å²) in [6, 6.07) is 1.75. The minimum absolute atomic E-state index is 1.16. The Labute approximate surface area is 62.6 Å². The second-order valence-corrected chi connectivity index (χ2v) is 2.28. The van der Waals surface area contributed by atoms with Crippen molar-refractivity contribution in [1.82, 2.24) is 10.2 Å². The minimum atomic E-state index is 1.16. The van der Waals surface area contributed by atoms with Crippen LogP contribution in [0.4, 0.5) is 0 Å². The van der Waals surface area contributed by atoms with Gasteiger partial charge in [0.25, 0.3) is 0 Å². The molecular formula is C7H15N3. The van der Waals surface area contributed by atoms with E-state index in [0.717, 1.165) is 13.1 Å². The average molecular weight is 141 g/mol. The molecule has 0 aromatic rings. The molecule has 0 atom stereocenters. The van der Waals surface area contributed by atoms with Crippen molar-refractivity contribution in [2.45, 2.75) is 6.92 Å². The lowest BCUT2D eigenvalue weighted by molar-refractivity contribution is 0.291. The molecule has 0 unspecified atom stereocenters. The van der Waals surface area contributed by atoms with E-state index in [1.165, 1.54) is 20.0 Å². The fraction of sp³-hybridized carbons (Fsp3) is 0.857. The summed E-state index contributed by atoms with van der Waals surface area (Å²) < 4.78 is 0. The van der Waals surface area contributed by atoms with Crippen LogP contribution in [-0.4, -0.2) is 38.1 Å². The van der Waals surface area contributed by atoms with E-state index in [1.807, 2.05) is 0 Å². The van der Waals surface area contributed by atoms with Crippen LogP contribution in [0.5, 0.6) is 0 Å². The molecule has 0 saturated carbocycles. The molecule has 1 saturated heterocycles. The Bertz CT molecular complexity index is 99.9. The van der Waals surface area contributed by atoms with E-state index in [4.69, 9.17) is 5.26 Å². The second-order valence-electron chi connectivity index (χ2n) is 2.28. The predicted octanol–water partition coefficient (Wildman–Crippen LogP) is 0.0513. The monoisotopic (exact) mass is 141 g/mol. The van der Waals surface area contributed by atoms with Gasteiger partial charge in [0.2, 0.25) is 0 Å². The van der Waals surface area contributed by atoms with Crippen molar-refractivity contribution in [3.8, 4) is 6.07 Å². The number of nitrogens with one attached hydrogen (secondary N) is 1. The van der Waals surface area contributed by atoms with Crippen molar-refractivity contribution in [3.05, 3.63) is 0 Å². The van der Waals surface area contributed by atoms with Crippen molar-refractivity contribution in [1.29, 1.82) is 5.26 Å². The van der Waals surface area contributed by atoms with E-state index in [9.17, 15) is 0 Å². The van der Waals surface area contributed by atoms with E-state index in [2.05, 4.69) is 17.3 Å². The largest absolute Gasteiger partial charge is 0.314 e. The number of nitrogens with zero attached hydrogens (tertiary/aromatic N) is 2. The lowest BCUT2D eigenvalue weighted by atomic mass is 10.4. The highest BCUT2D eigenvalue weighted by Gasteiger charge is 2.01. The molecule has 0 aromatic heterocycles. The maximum atomic E-state index is 7.32. The van der Waals surface area contributed by atoms with Gasteiger partial charge in [-0.3, -0.25) is 0 Å². The lowest BCUT2D eigenvalue weighted by Gasteiger charge is -2.21. The summed E-state index contributed by atoms with van der Waals surface area (Å²) in [5, 5.41) is 10.6. The summed E-state index contributed by atoms with van der Waals surface area (Å²) in [4.78, 5) is 2.33. The molecule has 1 aliphatic rings. The fourth-order valence-corrected chi connectivity index (χ4v) is 0.777. The highest BCUT2D eigenvalue weighted by Crippen LogP contribution is 1.82. The number of nitriles is 1. The highest BCUT2D eigenvalue weighted by molar-refractivity contribution is 4.62. The van der Waals surface area contributed by atoms with Gasteiger partial charge in [-0.2, -0.15) is 5.26 Å². The van der Waals surface area contributed by atoms with Gasteiger partial charge in [0.15, 0.2) is 0 Å². The molecule has 0 spiro atoms. The van der Waals surface area contributed by atoms with Crippen molar-refractivity contribution < 1.29 is 0 Å². The van der Waals surface area contributed by atoms with Crippen LogP contribution >= 0.6 is 0 Å². The summed E-state index contributed by atoms with van der Waals surface area (Å²) in [6.07, 6.45) is 0. The van der Waals surface area contributed by atoms with Gasteiger partial charge >= 0.3 is 0 Å². The predicted molar refractivity (Wildman–Crippen MR) is 41.7 cm³/mol. The molecule has 58 valence electrons. The molecule has 1 fully saturated rings. The Hall–Kier alpha value is -0.590. The molecule has 1 heterocycles. The Morgan fingerprint density at radius 3 is 2.00 bits per heavy atom. The number of piperazine rings is 1. The Balaban J connectivity index is 0.000000236. The van der Waals surface area contributed by atoms with Crippen LogP contribution in [0.15, 0.2) is 0 Å². The van der Waals surface area contributed by atoms with E-state index in [1.54, 1.807) is 6.07 Å². The lowest BCUT2D eigenvalue weighted by Crippen LogP contribution is -2.40. The minimum Gasteiger partial charge on any atom is -0.314 e. The third-order valence-electron chi connectivity index (χ3n) is 1.34. The molecule has 0 amide bonds. The van der Waals surface area contributed by atoms with Gasteiger partial charge in [0.1, 0.15) is 0 Å². The Morgan fingerprint density at radius 2 is 1.80 bits per heavy atom. The fourth-order valence-electron chi connectivity index (χ4n) is 0.777. The summed E-state index contributed by atoms with van der Waals surface area (Å²) >= 11 is 0. The molecule has 0 aromatic carbocycles. The molecular weight excluding hydrogens is 126 g/mol. The zero-order valence-electron chi connectivity index (χ0n) is 6.72. The average Bonchev–Trinajstić information content (AvgIpc) is 1.91. The first kappa shape index (κ1) is 9.41. The SMILES string of the molecule is CC#N.CN1CCNCC1. The van der Waals surface area contributed by atoms with Crippen LogP contribution in [0.3, 0.4) is 0 Å². The number of likely N-dealkylation sites (N-methyl/N-ethyl adjacent to an activating group) is 1. The number of hydrogen-bond donors (Lipinski definition) is 1. The first-order valence-corrected chi connectivity index (χ1v) is 3.51. The normalized spacial score (nSPS) is 18.5. The molecule has 0 radical (unpaired) electrons. The maximum absolute atomic E-state index is 7.32. The van der Waals surface area contributed by atoms with Crippen LogP contribution in [-0.2, 0) is 0 Å². The molecule has 10 heavy (non-hydrogen) atoms. The van der Waals surface area contributed by atoms with Gasteiger partial charge in [-0.05, 0) is 7.05 Å². The van der Waals surface area contributed by atoms with Crippen molar-refractivity contribution in [3.63, 3.8) is 0 Å². The van der Waals surface area contributed by atoms with E-state index < -0.39 is 0 Å². The quantitative estimate of drug-likeness (QED) is 0.518. The van der Waals surface area contributed by atoms with Crippen molar-refractivity contribution >= 4 is 0 Å². The molecule has 0 bridgehead atoms. The number of rotatable bonds is 0. The van der Waals surface area contributed by atoms with Crippen LogP contribution in [0.2, 0.25) is 0 Å². The van der Waals surface area contributed by atoms with Gasteiger partial charge in [-0.1, -0.05) is 0 Å². The van der Waals surface area contributed by atoms with Crippen molar-refractivity contribution in [2.24, 2.45) is 0 Å². The third kappa shape index (κ3) is 5.54. The van der Waals surface area contributed by atoms with Gasteiger partial charge in [0.05, 0.1) is 6.07 Å². The Morgan fingerprint density at radius 1 is 1.40 bits per heavy atom. The summed E-state index contributed by atoms with van der Waals surface area (Å²) in [5.41, 5.74) is 0. The molecule has 0 aliphatic carbocycles. The molecule has 1 N–H and O–H groups in total. The molecule has 3 nitrogen and oxygen atoms in total. The van der Waals surface area contributed by atoms with E-state index >= 15 is 0 Å². The van der Waals surface area contributed by atoms with Gasteiger partial charge in [0, 0.05) is 33.1 Å². The van der Waals surface area contributed by atoms with Crippen LogP contribution in [0.1, 0.15) is 6.92 Å². The summed E-state index contributed by atoms with van der Waals surface area (Å²) in [5.74, 6) is 0. The maximum Gasteiger partial charge on any atom is 0.0587 e. The van der Waals surface area contributed by atoms with Gasteiger partial charge in [-0.25, -0.2) is 0 Å². The van der Waals surface area contributed by atoms with Crippen LogP contribution < -0.4 is 5.32 Å². The number of hydrogen-bond acceptors (Lipinski definition) is 3. The summed E-state index contributed by atoms with van der Waals surface area (Å²) in [6.45, 7) is 6.17. The van der Waals surface area contributed by atoms with Crippen LogP contribution in [0.25, 0.3) is 0 Å². The topological polar surface area (TPSA) is 39.1 Å². The van der Waals surface area contributed by atoms with E-state index in [0.29, 0.717) is 0 Å². The molecule has 1 rings (SSSR count). The van der Waals surface area contributed by atoms with E-state index in [-0.39, 0.29) is 0 Å². The Kier molecular flexibility index (Phi) is 6.14. The zero-order valence-corrected chi connectivity index (χ0v) is 6.72. The summed E-state index contributed by atoms with van der Waals surface area (Å²) in [7, 11) is 2.15. The van der Waals surface area contributed by atoms with Crippen molar-refractivity contribution in [2.75, 3.05) is 33.2 Å². The highest BCUT2D eigenvalue weighted by atomic mass is 15.2.